The van der Waals surface area contributed by atoms with Crippen LogP contribution in [0.5, 0.6) is 5.75 Å². The fourth-order valence-electron chi connectivity index (χ4n) is 5.47. The number of allylic oxidation sites excluding steroid dienone is 2. The number of hydrogen-bond acceptors (Lipinski definition) is 5. The van der Waals surface area contributed by atoms with Crippen molar-refractivity contribution in [2.45, 2.75) is 6.42 Å². The maximum absolute atomic E-state index is 13.3. The molecular weight excluding hydrogens is 374 g/mol. The average molecular weight is 391 g/mol. The third kappa shape index (κ3) is 2.09. The molecule has 6 atom stereocenters. The molecule has 1 saturated heterocycles. The smallest absolute Gasteiger partial charge is 0.353 e. The largest absolute Gasteiger partial charge is 0.420 e. The predicted octanol–water partition coefficient (Wildman–Crippen LogP) is 3.52. The van der Waals surface area contributed by atoms with Crippen molar-refractivity contribution in [3.05, 3.63) is 58.8 Å². The summed E-state index contributed by atoms with van der Waals surface area (Å²) < 4.78 is 5.56. The molecule has 1 aliphatic heterocycles. The summed E-state index contributed by atoms with van der Waals surface area (Å²) in [4.78, 5) is 40.8. The molecule has 3 fully saturated rings. The average Bonchev–Trinajstić information content (AvgIpc) is 3.27. The molecule has 0 unspecified atom stereocenters. The van der Waals surface area contributed by atoms with E-state index in [0.717, 1.165) is 6.42 Å². The monoisotopic (exact) mass is 391 g/mol. The van der Waals surface area contributed by atoms with Gasteiger partial charge in [-0.1, -0.05) is 30.4 Å². The van der Waals surface area contributed by atoms with Crippen LogP contribution in [0.3, 0.4) is 0 Å². The van der Waals surface area contributed by atoms with E-state index in [1.54, 1.807) is 41.8 Å². The van der Waals surface area contributed by atoms with Gasteiger partial charge in [-0.15, -0.1) is 11.3 Å². The van der Waals surface area contributed by atoms with Gasteiger partial charge in [-0.2, -0.15) is 0 Å². The summed E-state index contributed by atoms with van der Waals surface area (Å²) in [6.07, 6.45) is 5.43. The summed E-state index contributed by atoms with van der Waals surface area (Å²) in [6.45, 7) is 0. The quantitative estimate of drug-likeness (QED) is 0.348. The van der Waals surface area contributed by atoms with E-state index in [-0.39, 0.29) is 41.2 Å². The Morgan fingerprint density at radius 2 is 1.64 bits per heavy atom. The first-order chi connectivity index (χ1) is 13.6. The summed E-state index contributed by atoms with van der Waals surface area (Å²) >= 11 is 1.29. The number of imide groups is 1. The number of carbonyl (C=O) groups is 3. The number of benzene rings is 1. The van der Waals surface area contributed by atoms with E-state index in [0.29, 0.717) is 22.4 Å². The van der Waals surface area contributed by atoms with Crippen molar-refractivity contribution in [1.29, 1.82) is 0 Å². The number of amides is 2. The van der Waals surface area contributed by atoms with E-state index < -0.39 is 5.97 Å². The fraction of sp³-hybridized carbons (Fsp3) is 0.318. The first-order valence-corrected chi connectivity index (χ1v) is 10.4. The van der Waals surface area contributed by atoms with Gasteiger partial charge in [0.1, 0.15) is 4.88 Å². The summed E-state index contributed by atoms with van der Waals surface area (Å²) in [6, 6.07) is 10.3. The standard InChI is InChI=1S/C22H17NO4S/c24-20-18-11-7-8-12(14-10-13(11)14)19(18)21(25)23(20)15-4-1-2-5-16(15)27-22(26)17-6-3-9-28-17/h1-9,11-14,18-19H,10H2/t11-,12-,13-,14+,18+,19-/m1/s1. The fourth-order valence-corrected chi connectivity index (χ4v) is 6.07. The first-order valence-electron chi connectivity index (χ1n) is 9.56. The lowest BCUT2D eigenvalue weighted by Crippen LogP contribution is -2.40. The summed E-state index contributed by atoms with van der Waals surface area (Å²) in [5.74, 6) is 0.358. The minimum Gasteiger partial charge on any atom is -0.420 e. The molecule has 0 N–H and O–H groups in total. The van der Waals surface area contributed by atoms with Gasteiger partial charge >= 0.3 is 5.97 Å². The van der Waals surface area contributed by atoms with Gasteiger partial charge in [0.15, 0.2) is 5.75 Å². The van der Waals surface area contributed by atoms with Gasteiger partial charge in [-0.25, -0.2) is 9.69 Å². The van der Waals surface area contributed by atoms with Gasteiger partial charge in [0, 0.05) is 0 Å². The normalized spacial score (nSPS) is 34.4. The number of esters is 1. The Kier molecular flexibility index (Phi) is 3.27. The van der Waals surface area contributed by atoms with E-state index in [9.17, 15) is 14.4 Å². The molecule has 6 heteroatoms. The number of para-hydroxylation sites is 2. The van der Waals surface area contributed by atoms with Crippen molar-refractivity contribution in [3.63, 3.8) is 0 Å². The van der Waals surface area contributed by atoms with Crippen molar-refractivity contribution >= 4 is 34.8 Å². The summed E-state index contributed by atoms with van der Waals surface area (Å²) in [5, 5.41) is 1.80. The van der Waals surface area contributed by atoms with Gasteiger partial charge < -0.3 is 4.74 Å². The predicted molar refractivity (Wildman–Crippen MR) is 103 cm³/mol. The highest BCUT2D eigenvalue weighted by molar-refractivity contribution is 7.12. The van der Waals surface area contributed by atoms with E-state index in [4.69, 9.17) is 4.74 Å². The zero-order valence-electron chi connectivity index (χ0n) is 14.9. The minimum atomic E-state index is -0.484. The van der Waals surface area contributed by atoms with Crippen LogP contribution in [-0.4, -0.2) is 17.8 Å². The molecule has 2 heterocycles. The molecule has 7 rings (SSSR count). The molecule has 4 aliphatic carbocycles. The lowest BCUT2D eigenvalue weighted by atomic mass is 9.63. The Balaban J connectivity index is 1.36. The number of anilines is 1. The molecule has 2 saturated carbocycles. The van der Waals surface area contributed by atoms with Crippen LogP contribution < -0.4 is 9.64 Å². The van der Waals surface area contributed by atoms with Gasteiger partial charge in [-0.05, 0) is 53.7 Å². The number of rotatable bonds is 3. The zero-order chi connectivity index (χ0) is 19.0. The maximum atomic E-state index is 13.3. The first kappa shape index (κ1) is 16.2. The van der Waals surface area contributed by atoms with Gasteiger partial charge in [0.05, 0.1) is 17.5 Å². The number of thiophene rings is 1. The molecule has 5 aliphatic rings. The lowest BCUT2D eigenvalue weighted by molar-refractivity contribution is -0.124. The van der Waals surface area contributed by atoms with Crippen LogP contribution in [0.25, 0.3) is 0 Å². The van der Waals surface area contributed by atoms with Crippen molar-refractivity contribution in [1.82, 2.24) is 0 Å². The Labute approximate surface area is 165 Å². The van der Waals surface area contributed by atoms with Crippen LogP contribution >= 0.6 is 11.3 Å². The van der Waals surface area contributed by atoms with E-state index in [2.05, 4.69) is 12.2 Å². The maximum Gasteiger partial charge on any atom is 0.353 e. The van der Waals surface area contributed by atoms with Crippen molar-refractivity contribution < 1.29 is 19.1 Å². The van der Waals surface area contributed by atoms with E-state index in [1.807, 2.05) is 0 Å². The Bertz CT molecular complexity index is 1010. The summed E-state index contributed by atoms with van der Waals surface area (Å²) in [5.41, 5.74) is 0.366. The van der Waals surface area contributed by atoms with Crippen LogP contribution in [0.2, 0.25) is 0 Å². The highest BCUT2D eigenvalue weighted by atomic mass is 32.1. The molecule has 0 spiro atoms. The highest BCUT2D eigenvalue weighted by Crippen LogP contribution is 2.65. The second-order valence-corrected chi connectivity index (χ2v) is 8.95. The Hall–Kier alpha value is -2.73. The van der Waals surface area contributed by atoms with E-state index >= 15 is 0 Å². The molecule has 5 nitrogen and oxygen atoms in total. The van der Waals surface area contributed by atoms with Crippen molar-refractivity contribution in [3.8, 4) is 5.75 Å². The van der Waals surface area contributed by atoms with Crippen molar-refractivity contribution in [2.75, 3.05) is 4.90 Å². The van der Waals surface area contributed by atoms with Crippen LogP contribution in [-0.2, 0) is 9.59 Å². The third-order valence-corrected chi connectivity index (χ3v) is 7.54. The van der Waals surface area contributed by atoms with Gasteiger partial charge in [-0.3, -0.25) is 9.59 Å². The Morgan fingerprint density at radius 1 is 0.964 bits per heavy atom. The molecule has 1 aromatic heterocycles. The topological polar surface area (TPSA) is 63.7 Å². The van der Waals surface area contributed by atoms with Gasteiger partial charge in [0.25, 0.3) is 0 Å². The molecular formula is C22H17NO4S. The van der Waals surface area contributed by atoms with Crippen LogP contribution in [0, 0.1) is 35.5 Å². The van der Waals surface area contributed by atoms with Gasteiger partial charge in [0.2, 0.25) is 11.8 Å². The third-order valence-electron chi connectivity index (χ3n) is 6.69. The molecule has 28 heavy (non-hydrogen) atoms. The lowest BCUT2D eigenvalue weighted by Gasteiger charge is -2.37. The molecule has 2 bridgehead atoms. The zero-order valence-corrected chi connectivity index (χ0v) is 15.7. The van der Waals surface area contributed by atoms with Crippen LogP contribution in [0.1, 0.15) is 16.1 Å². The molecule has 2 aromatic rings. The van der Waals surface area contributed by atoms with Crippen LogP contribution in [0.15, 0.2) is 53.9 Å². The molecule has 2 amide bonds. The molecule has 140 valence electrons. The number of ether oxygens (including phenoxy) is 1. The number of nitrogens with zero attached hydrogens (tertiary/aromatic N) is 1. The molecule has 1 aromatic carbocycles. The number of carbonyl (C=O) groups excluding carboxylic acids is 3. The second kappa shape index (κ2) is 5.64. The number of hydrogen-bond donors (Lipinski definition) is 0. The summed E-state index contributed by atoms with van der Waals surface area (Å²) in [7, 11) is 0. The SMILES string of the molecule is O=C(Oc1ccccc1N1C(=O)[C@@H]2[C@@H]3C=C[C@H]([C@H]4C[C@@H]34)[C@@H]2C1=O)c1cccs1. The van der Waals surface area contributed by atoms with E-state index in [1.165, 1.54) is 16.2 Å². The van der Waals surface area contributed by atoms with Crippen molar-refractivity contribution in [2.24, 2.45) is 35.5 Å². The second-order valence-electron chi connectivity index (χ2n) is 8.00. The highest BCUT2D eigenvalue weighted by Gasteiger charge is 2.67. The Morgan fingerprint density at radius 3 is 2.29 bits per heavy atom. The molecule has 0 radical (unpaired) electrons. The minimum absolute atomic E-state index is 0.153. The van der Waals surface area contributed by atoms with Crippen LogP contribution in [0.4, 0.5) is 5.69 Å².